The SMILES string of the molecule is Cl.c1ccc2c(c1)ccc1c(Cn3ccnc3)noc12. The number of aromatic nitrogens is 3. The molecule has 0 fully saturated rings. The molecular weight excluding hydrogens is 274 g/mol. The van der Waals surface area contributed by atoms with Gasteiger partial charge in [-0.2, -0.15) is 0 Å². The van der Waals surface area contributed by atoms with Crippen molar-refractivity contribution in [2.75, 3.05) is 0 Å². The Balaban J connectivity index is 0.00000121. The molecule has 20 heavy (non-hydrogen) atoms. The van der Waals surface area contributed by atoms with Gasteiger partial charge in [-0.3, -0.25) is 0 Å². The van der Waals surface area contributed by atoms with Gasteiger partial charge >= 0.3 is 0 Å². The first kappa shape index (κ1) is 12.7. The van der Waals surface area contributed by atoms with E-state index in [-0.39, 0.29) is 12.4 Å². The molecule has 4 aromatic rings. The summed E-state index contributed by atoms with van der Waals surface area (Å²) in [7, 11) is 0. The molecular formula is C15H12ClN3O. The second-order valence-corrected chi connectivity index (χ2v) is 4.53. The summed E-state index contributed by atoms with van der Waals surface area (Å²) < 4.78 is 7.51. The molecule has 0 spiro atoms. The first-order valence-corrected chi connectivity index (χ1v) is 6.13. The zero-order valence-corrected chi connectivity index (χ0v) is 11.4. The fourth-order valence-corrected chi connectivity index (χ4v) is 2.39. The van der Waals surface area contributed by atoms with Gasteiger partial charge in [-0.05, 0) is 11.5 Å². The third-order valence-electron chi connectivity index (χ3n) is 3.33. The van der Waals surface area contributed by atoms with Crippen LogP contribution in [0.4, 0.5) is 0 Å². The zero-order valence-electron chi connectivity index (χ0n) is 10.6. The van der Waals surface area contributed by atoms with Gasteiger partial charge in [0, 0.05) is 23.2 Å². The van der Waals surface area contributed by atoms with E-state index in [2.05, 4.69) is 34.4 Å². The maximum absolute atomic E-state index is 5.53. The molecule has 4 rings (SSSR count). The maximum Gasteiger partial charge on any atom is 0.175 e. The predicted octanol–water partition coefficient (Wildman–Crippen LogP) is 3.65. The average Bonchev–Trinajstić information content (AvgIpc) is 3.09. The average molecular weight is 286 g/mol. The Morgan fingerprint density at radius 2 is 1.95 bits per heavy atom. The monoisotopic (exact) mass is 285 g/mol. The van der Waals surface area contributed by atoms with Crippen molar-refractivity contribution in [1.82, 2.24) is 14.7 Å². The Bertz CT molecular complexity index is 852. The van der Waals surface area contributed by atoms with Crippen LogP contribution in [-0.4, -0.2) is 14.7 Å². The van der Waals surface area contributed by atoms with Crippen LogP contribution in [0.5, 0.6) is 0 Å². The second-order valence-electron chi connectivity index (χ2n) is 4.53. The van der Waals surface area contributed by atoms with Crippen LogP contribution < -0.4 is 0 Å². The molecule has 2 aromatic heterocycles. The highest BCUT2D eigenvalue weighted by Crippen LogP contribution is 2.27. The van der Waals surface area contributed by atoms with Crippen LogP contribution in [0.1, 0.15) is 5.69 Å². The first-order chi connectivity index (χ1) is 9.42. The number of benzene rings is 2. The molecule has 100 valence electrons. The summed E-state index contributed by atoms with van der Waals surface area (Å²) in [6.45, 7) is 0.672. The Hall–Kier alpha value is -2.33. The minimum atomic E-state index is 0. The van der Waals surface area contributed by atoms with E-state index in [9.17, 15) is 0 Å². The van der Waals surface area contributed by atoms with Gasteiger partial charge in [0.1, 0.15) is 5.69 Å². The lowest BCUT2D eigenvalue weighted by Gasteiger charge is -1.99. The van der Waals surface area contributed by atoms with Crippen LogP contribution >= 0.6 is 12.4 Å². The van der Waals surface area contributed by atoms with Crippen LogP contribution in [-0.2, 0) is 6.54 Å². The molecule has 2 heterocycles. The lowest BCUT2D eigenvalue weighted by molar-refractivity contribution is 0.445. The lowest BCUT2D eigenvalue weighted by Crippen LogP contribution is -1.96. The molecule has 0 bridgehead atoms. The summed E-state index contributed by atoms with van der Waals surface area (Å²) in [5.74, 6) is 0. The molecule has 0 atom stereocenters. The third kappa shape index (κ3) is 1.94. The van der Waals surface area contributed by atoms with E-state index in [1.165, 1.54) is 5.39 Å². The smallest absolute Gasteiger partial charge is 0.175 e. The van der Waals surface area contributed by atoms with Gasteiger partial charge in [0.05, 0.1) is 12.9 Å². The number of imidazole rings is 1. The van der Waals surface area contributed by atoms with Gasteiger partial charge in [-0.15, -0.1) is 12.4 Å². The quantitative estimate of drug-likeness (QED) is 0.565. The van der Waals surface area contributed by atoms with Crippen molar-refractivity contribution in [3.8, 4) is 0 Å². The summed E-state index contributed by atoms with van der Waals surface area (Å²) >= 11 is 0. The van der Waals surface area contributed by atoms with Gasteiger partial charge in [0.25, 0.3) is 0 Å². The van der Waals surface area contributed by atoms with Gasteiger partial charge < -0.3 is 9.09 Å². The fourth-order valence-electron chi connectivity index (χ4n) is 2.39. The van der Waals surface area contributed by atoms with Gasteiger partial charge in [-0.25, -0.2) is 4.98 Å². The molecule has 0 saturated carbocycles. The number of fused-ring (bicyclic) bond motifs is 3. The molecule has 0 saturated heterocycles. The number of hydrogen-bond acceptors (Lipinski definition) is 3. The molecule has 0 aliphatic carbocycles. The summed E-state index contributed by atoms with van der Waals surface area (Å²) in [6.07, 6.45) is 5.46. The number of halogens is 1. The number of nitrogens with zero attached hydrogens (tertiary/aromatic N) is 3. The van der Waals surface area contributed by atoms with Crippen LogP contribution in [0, 0.1) is 0 Å². The first-order valence-electron chi connectivity index (χ1n) is 6.13. The fraction of sp³-hybridized carbons (Fsp3) is 0.0667. The summed E-state index contributed by atoms with van der Waals surface area (Å²) in [5, 5.41) is 7.53. The van der Waals surface area contributed by atoms with Gasteiger partial charge in [0.15, 0.2) is 5.58 Å². The van der Waals surface area contributed by atoms with Crippen molar-refractivity contribution in [2.45, 2.75) is 6.54 Å². The van der Waals surface area contributed by atoms with Crippen molar-refractivity contribution in [2.24, 2.45) is 0 Å². The normalized spacial score (nSPS) is 10.8. The Morgan fingerprint density at radius 1 is 1.05 bits per heavy atom. The molecule has 4 nitrogen and oxygen atoms in total. The minimum absolute atomic E-state index is 0. The Labute approximate surface area is 121 Å². The molecule has 2 aromatic carbocycles. The topological polar surface area (TPSA) is 43.9 Å². The van der Waals surface area contributed by atoms with Crippen LogP contribution in [0.25, 0.3) is 21.7 Å². The molecule has 0 unspecified atom stereocenters. The Morgan fingerprint density at radius 3 is 2.80 bits per heavy atom. The van der Waals surface area contributed by atoms with E-state index in [4.69, 9.17) is 4.52 Å². The van der Waals surface area contributed by atoms with Crippen molar-refractivity contribution in [3.05, 3.63) is 60.8 Å². The van der Waals surface area contributed by atoms with E-state index < -0.39 is 0 Å². The molecule has 0 radical (unpaired) electrons. The van der Waals surface area contributed by atoms with Crippen LogP contribution in [0.2, 0.25) is 0 Å². The largest absolute Gasteiger partial charge is 0.355 e. The molecule has 5 heteroatoms. The standard InChI is InChI=1S/C15H11N3O.ClH/c1-2-4-12-11(3-1)5-6-13-14(17-19-15(12)13)9-18-8-7-16-10-18;/h1-8,10H,9H2;1H. The van der Waals surface area contributed by atoms with Gasteiger partial charge in [-0.1, -0.05) is 35.5 Å². The lowest BCUT2D eigenvalue weighted by atomic mass is 10.1. The summed E-state index contributed by atoms with van der Waals surface area (Å²) in [4.78, 5) is 4.04. The molecule has 0 N–H and O–H groups in total. The highest BCUT2D eigenvalue weighted by Gasteiger charge is 2.11. The summed E-state index contributed by atoms with van der Waals surface area (Å²) in [6, 6.07) is 12.3. The van der Waals surface area contributed by atoms with Crippen molar-refractivity contribution >= 4 is 34.1 Å². The highest BCUT2D eigenvalue weighted by molar-refractivity contribution is 6.04. The third-order valence-corrected chi connectivity index (χ3v) is 3.33. The van der Waals surface area contributed by atoms with Crippen molar-refractivity contribution < 1.29 is 4.52 Å². The second kappa shape index (κ2) is 4.98. The van der Waals surface area contributed by atoms with E-state index in [0.717, 1.165) is 22.0 Å². The molecule has 0 amide bonds. The van der Waals surface area contributed by atoms with E-state index in [1.807, 2.05) is 22.9 Å². The van der Waals surface area contributed by atoms with E-state index >= 15 is 0 Å². The number of rotatable bonds is 2. The number of hydrogen-bond donors (Lipinski definition) is 0. The summed E-state index contributed by atoms with van der Waals surface area (Å²) in [5.41, 5.74) is 1.78. The molecule has 0 aliphatic rings. The maximum atomic E-state index is 5.53. The zero-order chi connectivity index (χ0) is 12.7. The molecule has 0 aliphatic heterocycles. The van der Waals surface area contributed by atoms with Crippen LogP contribution in [0.3, 0.4) is 0 Å². The predicted molar refractivity (Wildman–Crippen MR) is 80.1 cm³/mol. The van der Waals surface area contributed by atoms with Crippen molar-refractivity contribution in [1.29, 1.82) is 0 Å². The van der Waals surface area contributed by atoms with Crippen molar-refractivity contribution in [3.63, 3.8) is 0 Å². The Kier molecular flexibility index (Phi) is 3.16. The van der Waals surface area contributed by atoms with E-state index in [1.54, 1.807) is 12.5 Å². The van der Waals surface area contributed by atoms with E-state index in [0.29, 0.717) is 6.54 Å². The minimum Gasteiger partial charge on any atom is -0.355 e. The highest BCUT2D eigenvalue weighted by atomic mass is 35.5. The van der Waals surface area contributed by atoms with Gasteiger partial charge in [0.2, 0.25) is 0 Å². The van der Waals surface area contributed by atoms with Crippen LogP contribution in [0.15, 0.2) is 59.6 Å².